The zero-order chi connectivity index (χ0) is 24.2. The van der Waals surface area contributed by atoms with E-state index in [1.54, 1.807) is 18.3 Å². The number of carbonyl (C=O) groups excluding carboxylic acids is 1. The largest absolute Gasteiger partial charge is 0.490 e. The molecule has 1 aliphatic carbocycles. The van der Waals surface area contributed by atoms with Crippen molar-refractivity contribution in [1.29, 1.82) is 5.26 Å². The lowest BCUT2D eigenvalue weighted by atomic mass is 9.92. The molecule has 8 heteroatoms. The number of hydrogen-bond donors (Lipinski definition) is 1. The first kappa shape index (κ1) is 22.8. The number of anilines is 1. The summed E-state index contributed by atoms with van der Waals surface area (Å²) in [4.78, 5) is 19.5. The van der Waals surface area contributed by atoms with Crippen molar-refractivity contribution >= 4 is 11.7 Å². The summed E-state index contributed by atoms with van der Waals surface area (Å²) in [6.45, 7) is 3.55. The molecule has 5 rings (SSSR count). The van der Waals surface area contributed by atoms with E-state index in [1.807, 2.05) is 31.2 Å². The van der Waals surface area contributed by atoms with Gasteiger partial charge in [-0.3, -0.25) is 9.78 Å². The Bertz CT molecular complexity index is 1260. The molecular weight excluding hydrogens is 440 g/mol. The molecule has 35 heavy (non-hydrogen) atoms. The van der Waals surface area contributed by atoms with Gasteiger partial charge in [-0.2, -0.15) is 5.26 Å². The van der Waals surface area contributed by atoms with Crippen LogP contribution in [0.15, 0.2) is 48.7 Å². The number of rotatable bonds is 5. The summed E-state index contributed by atoms with van der Waals surface area (Å²) in [6, 6.07) is 15.4. The third-order valence-corrected chi connectivity index (χ3v) is 6.72. The first-order valence-corrected chi connectivity index (χ1v) is 12.1. The van der Waals surface area contributed by atoms with Crippen LogP contribution in [0.3, 0.4) is 0 Å². The number of carbonyl (C=O) groups is 1. The number of fused-ring (bicyclic) bond motifs is 1. The molecule has 1 aromatic carbocycles. The minimum absolute atomic E-state index is 0.0552. The second-order valence-electron chi connectivity index (χ2n) is 9.20. The summed E-state index contributed by atoms with van der Waals surface area (Å²) >= 11 is 0. The van der Waals surface area contributed by atoms with Crippen LogP contribution >= 0.6 is 0 Å². The normalized spacial score (nSPS) is 17.8. The maximum absolute atomic E-state index is 12.8. The first-order chi connectivity index (χ1) is 17.1. The molecule has 1 aliphatic heterocycles. The number of pyridine rings is 1. The van der Waals surface area contributed by atoms with Crippen LogP contribution < -0.4 is 15.0 Å². The average molecular weight is 469 g/mol. The highest BCUT2D eigenvalue weighted by Crippen LogP contribution is 2.25. The van der Waals surface area contributed by atoms with Gasteiger partial charge in [0, 0.05) is 50.3 Å². The van der Waals surface area contributed by atoms with E-state index in [9.17, 15) is 4.79 Å². The van der Waals surface area contributed by atoms with Crippen molar-refractivity contribution in [3.63, 3.8) is 0 Å². The Balaban J connectivity index is 1.17. The van der Waals surface area contributed by atoms with Crippen LogP contribution in [-0.4, -0.2) is 46.3 Å². The molecule has 0 bridgehead atoms. The Labute approximate surface area is 205 Å². The van der Waals surface area contributed by atoms with E-state index in [1.165, 1.54) is 5.56 Å². The van der Waals surface area contributed by atoms with Crippen molar-refractivity contribution in [2.75, 3.05) is 18.0 Å². The Morgan fingerprint density at radius 3 is 2.80 bits per heavy atom. The third-order valence-electron chi connectivity index (χ3n) is 6.72. The zero-order valence-electron chi connectivity index (χ0n) is 19.8. The van der Waals surface area contributed by atoms with E-state index in [0.29, 0.717) is 11.3 Å². The second-order valence-corrected chi connectivity index (χ2v) is 9.20. The Hall–Kier alpha value is -3.99. The van der Waals surface area contributed by atoms with E-state index in [0.717, 1.165) is 68.0 Å². The van der Waals surface area contributed by atoms with Gasteiger partial charge in [0.2, 0.25) is 0 Å². The summed E-state index contributed by atoms with van der Waals surface area (Å²) in [6.07, 6.45) is 6.14. The predicted molar refractivity (Wildman–Crippen MR) is 131 cm³/mol. The van der Waals surface area contributed by atoms with Crippen molar-refractivity contribution in [2.24, 2.45) is 0 Å². The monoisotopic (exact) mass is 468 g/mol. The summed E-state index contributed by atoms with van der Waals surface area (Å²) in [5, 5.41) is 20.8. The van der Waals surface area contributed by atoms with Gasteiger partial charge in [0.15, 0.2) is 11.5 Å². The van der Waals surface area contributed by atoms with Gasteiger partial charge in [-0.15, -0.1) is 10.2 Å². The number of aryl methyl sites for hydroxylation is 2. The first-order valence-electron chi connectivity index (χ1n) is 12.1. The van der Waals surface area contributed by atoms with Crippen molar-refractivity contribution < 1.29 is 9.53 Å². The van der Waals surface area contributed by atoms with E-state index in [4.69, 9.17) is 10.00 Å². The van der Waals surface area contributed by atoms with E-state index < -0.39 is 0 Å². The summed E-state index contributed by atoms with van der Waals surface area (Å²) in [5.41, 5.74) is 4.20. The highest BCUT2D eigenvalue weighted by atomic mass is 16.5. The van der Waals surface area contributed by atoms with Crippen molar-refractivity contribution in [2.45, 2.75) is 51.2 Å². The summed E-state index contributed by atoms with van der Waals surface area (Å²) < 4.78 is 6.09. The number of nitrogens with one attached hydrogen (secondary N) is 1. The number of aromatic nitrogens is 3. The van der Waals surface area contributed by atoms with Crippen LogP contribution in [0.2, 0.25) is 0 Å². The molecule has 1 N–H and O–H groups in total. The van der Waals surface area contributed by atoms with Crippen LogP contribution in [0.1, 0.15) is 52.1 Å². The summed E-state index contributed by atoms with van der Waals surface area (Å²) in [5.74, 6) is 1.34. The van der Waals surface area contributed by atoms with Gasteiger partial charge in [0.25, 0.3) is 5.91 Å². The number of benzene rings is 1. The molecule has 0 saturated carbocycles. The van der Waals surface area contributed by atoms with Gasteiger partial charge in [-0.05, 0) is 61.2 Å². The minimum atomic E-state index is -0.191. The third kappa shape index (κ3) is 5.24. The molecule has 2 aliphatic rings. The number of piperidine rings is 1. The fraction of sp³-hybridized carbons (Fsp3) is 0.370. The smallest absolute Gasteiger partial charge is 0.272 e. The average Bonchev–Trinajstić information content (AvgIpc) is 2.89. The summed E-state index contributed by atoms with van der Waals surface area (Å²) in [7, 11) is 0. The predicted octanol–water partition coefficient (Wildman–Crippen LogP) is 3.39. The van der Waals surface area contributed by atoms with E-state index in [2.05, 4.69) is 37.5 Å². The number of hydrogen-bond acceptors (Lipinski definition) is 7. The van der Waals surface area contributed by atoms with Crippen LogP contribution in [0, 0.1) is 18.3 Å². The van der Waals surface area contributed by atoms with Crippen molar-refractivity contribution in [1.82, 2.24) is 20.5 Å². The quantitative estimate of drug-likeness (QED) is 0.612. The topological polar surface area (TPSA) is 104 Å². The molecule has 1 fully saturated rings. The molecule has 1 saturated heterocycles. The maximum Gasteiger partial charge on any atom is 0.272 e. The van der Waals surface area contributed by atoms with Crippen LogP contribution in [0.4, 0.5) is 5.82 Å². The molecule has 2 aromatic heterocycles. The molecule has 178 valence electrons. The highest BCUT2D eigenvalue weighted by Gasteiger charge is 2.25. The number of nitriles is 1. The van der Waals surface area contributed by atoms with E-state index >= 15 is 0 Å². The van der Waals surface area contributed by atoms with Crippen LogP contribution in [0.25, 0.3) is 0 Å². The molecule has 3 aromatic rings. The molecule has 1 amide bonds. The molecule has 8 nitrogen and oxygen atoms in total. The molecule has 0 unspecified atom stereocenters. The standard InChI is InChI=1S/C27H28N6O2/c1-18-14-25(27(34)30-21-8-7-20-5-3-11-29-24(20)16-21)31-32-26(18)33-12-9-22(10-13-33)35-23-6-2-4-19(15-23)17-28/h2-6,11,14-15,21-22H,7-10,12-13,16H2,1H3,(H,30,34)/t21-/m1/s1. The van der Waals surface area contributed by atoms with Gasteiger partial charge in [-0.1, -0.05) is 12.1 Å². The Morgan fingerprint density at radius 1 is 1.14 bits per heavy atom. The van der Waals surface area contributed by atoms with Gasteiger partial charge >= 0.3 is 0 Å². The fourth-order valence-electron chi connectivity index (χ4n) is 4.85. The minimum Gasteiger partial charge on any atom is -0.490 e. The van der Waals surface area contributed by atoms with Crippen LogP contribution in [0.5, 0.6) is 5.75 Å². The molecule has 3 heterocycles. The molecule has 1 atom stereocenters. The van der Waals surface area contributed by atoms with Crippen molar-refractivity contribution in [3.8, 4) is 11.8 Å². The Kier molecular flexibility index (Phi) is 6.57. The van der Waals surface area contributed by atoms with Gasteiger partial charge in [0.1, 0.15) is 11.9 Å². The van der Waals surface area contributed by atoms with E-state index in [-0.39, 0.29) is 18.1 Å². The van der Waals surface area contributed by atoms with Crippen molar-refractivity contribution in [3.05, 3.63) is 76.7 Å². The lowest BCUT2D eigenvalue weighted by Crippen LogP contribution is -2.40. The highest BCUT2D eigenvalue weighted by molar-refractivity contribution is 5.92. The molecular formula is C27H28N6O2. The second kappa shape index (κ2) is 10.1. The van der Waals surface area contributed by atoms with Crippen LogP contribution in [-0.2, 0) is 12.8 Å². The number of ether oxygens (including phenoxy) is 1. The maximum atomic E-state index is 12.8. The van der Waals surface area contributed by atoms with Gasteiger partial charge < -0.3 is 15.0 Å². The SMILES string of the molecule is Cc1cc(C(=O)N[C@@H]2CCc3cccnc3C2)nnc1N1CCC(Oc2cccc(C#N)c2)CC1. The number of nitrogens with zero attached hydrogens (tertiary/aromatic N) is 5. The van der Waals surface area contributed by atoms with Gasteiger partial charge in [-0.25, -0.2) is 0 Å². The van der Waals surface area contributed by atoms with Gasteiger partial charge in [0.05, 0.1) is 11.6 Å². The zero-order valence-corrected chi connectivity index (χ0v) is 19.8. The Morgan fingerprint density at radius 2 is 2.00 bits per heavy atom. The number of amides is 1. The fourth-order valence-corrected chi connectivity index (χ4v) is 4.85. The lowest BCUT2D eigenvalue weighted by Gasteiger charge is -2.33. The molecule has 0 spiro atoms. The lowest BCUT2D eigenvalue weighted by molar-refractivity contribution is 0.0927. The molecule has 0 radical (unpaired) electrons.